The molecule has 4 nitrogen and oxygen atoms in total. The monoisotopic (exact) mass is 287 g/mol. The van der Waals surface area contributed by atoms with E-state index >= 15 is 0 Å². The minimum absolute atomic E-state index is 0.0727. The highest BCUT2D eigenvalue weighted by Crippen LogP contribution is 2.22. The number of benzene rings is 1. The molecule has 2 atom stereocenters. The lowest BCUT2D eigenvalue weighted by atomic mass is 10.00. The molecule has 0 aromatic heterocycles. The number of aliphatic hydroxyl groups is 3. The molecule has 0 fully saturated rings. The predicted octanol–water partition coefficient (Wildman–Crippen LogP) is 1.44. The molecule has 5 heteroatoms. The molecule has 0 bridgehead atoms. The first-order valence-electron chi connectivity index (χ1n) is 6.22. The maximum absolute atomic E-state index is 9.90. The summed E-state index contributed by atoms with van der Waals surface area (Å²) in [5.74, 6) is 0. The Balaban J connectivity index is 2.77. The highest BCUT2D eigenvalue weighted by molar-refractivity contribution is 6.30. The van der Waals surface area contributed by atoms with E-state index in [2.05, 4.69) is 0 Å². The molecule has 3 N–H and O–H groups in total. The zero-order chi connectivity index (χ0) is 14.6. The van der Waals surface area contributed by atoms with Crippen molar-refractivity contribution in [1.29, 1.82) is 0 Å². The maximum Gasteiger partial charge on any atom is 0.0948 e. The lowest BCUT2D eigenvalue weighted by Gasteiger charge is -2.33. The summed E-state index contributed by atoms with van der Waals surface area (Å²) >= 11 is 5.83. The van der Waals surface area contributed by atoms with Crippen LogP contribution in [0.5, 0.6) is 0 Å². The number of hydrogen-bond acceptors (Lipinski definition) is 4. The molecule has 1 aromatic carbocycles. The van der Waals surface area contributed by atoms with Crippen LogP contribution in [0.2, 0.25) is 5.02 Å². The highest BCUT2D eigenvalue weighted by Gasteiger charge is 2.28. The van der Waals surface area contributed by atoms with Crippen LogP contribution in [0.1, 0.15) is 25.5 Å². The number of halogens is 1. The second-order valence-electron chi connectivity index (χ2n) is 5.36. The average Bonchev–Trinajstić information content (AvgIpc) is 2.31. The standard InChI is InChI=1S/C14H22ClNO3/c1-14(2,19)13(18)8-16(3)12(9-17)10-4-6-11(15)7-5-10/h4-7,12-13,17-19H,8-9H2,1-3H3. The van der Waals surface area contributed by atoms with Crippen molar-refractivity contribution < 1.29 is 15.3 Å². The van der Waals surface area contributed by atoms with Crippen molar-refractivity contribution >= 4 is 11.6 Å². The Bertz CT molecular complexity index is 389. The average molecular weight is 288 g/mol. The molecule has 0 amide bonds. The first-order valence-corrected chi connectivity index (χ1v) is 6.60. The van der Waals surface area contributed by atoms with Gasteiger partial charge in [-0.1, -0.05) is 23.7 Å². The van der Waals surface area contributed by atoms with E-state index in [1.807, 2.05) is 17.0 Å². The molecule has 0 saturated heterocycles. The molecule has 108 valence electrons. The van der Waals surface area contributed by atoms with Gasteiger partial charge in [-0.05, 0) is 38.6 Å². The van der Waals surface area contributed by atoms with Gasteiger partial charge in [0.25, 0.3) is 0 Å². The normalized spacial score (nSPS) is 15.6. The summed E-state index contributed by atoms with van der Waals surface area (Å²) in [5, 5.41) is 29.8. The van der Waals surface area contributed by atoms with E-state index < -0.39 is 11.7 Å². The molecule has 2 unspecified atom stereocenters. The predicted molar refractivity (Wildman–Crippen MR) is 76.2 cm³/mol. The minimum Gasteiger partial charge on any atom is -0.394 e. The number of hydrogen-bond donors (Lipinski definition) is 3. The van der Waals surface area contributed by atoms with E-state index in [1.54, 1.807) is 33.0 Å². The van der Waals surface area contributed by atoms with Crippen molar-refractivity contribution in [2.75, 3.05) is 20.2 Å². The number of aliphatic hydroxyl groups excluding tert-OH is 2. The van der Waals surface area contributed by atoms with Crippen molar-refractivity contribution in [2.45, 2.75) is 31.6 Å². The summed E-state index contributed by atoms with van der Waals surface area (Å²) in [4.78, 5) is 1.81. The molecule has 0 aliphatic rings. The SMILES string of the molecule is CN(CC(O)C(C)(C)O)C(CO)c1ccc(Cl)cc1. The van der Waals surface area contributed by atoms with Crippen LogP contribution in [0.25, 0.3) is 0 Å². The van der Waals surface area contributed by atoms with Crippen molar-refractivity contribution in [3.8, 4) is 0 Å². The summed E-state index contributed by atoms with van der Waals surface area (Å²) in [6.45, 7) is 3.30. The molecule has 1 aromatic rings. The van der Waals surface area contributed by atoms with E-state index in [0.717, 1.165) is 5.56 Å². The van der Waals surface area contributed by atoms with Crippen LogP contribution >= 0.6 is 11.6 Å². The van der Waals surface area contributed by atoms with E-state index in [9.17, 15) is 15.3 Å². The van der Waals surface area contributed by atoms with Gasteiger partial charge >= 0.3 is 0 Å². The zero-order valence-electron chi connectivity index (χ0n) is 11.5. The van der Waals surface area contributed by atoms with Gasteiger partial charge in [0.2, 0.25) is 0 Å². The largest absolute Gasteiger partial charge is 0.394 e. The Morgan fingerprint density at radius 3 is 2.21 bits per heavy atom. The number of likely N-dealkylation sites (N-methyl/N-ethyl adjacent to an activating group) is 1. The molecule has 0 heterocycles. The van der Waals surface area contributed by atoms with Crippen molar-refractivity contribution in [3.05, 3.63) is 34.9 Å². The van der Waals surface area contributed by atoms with E-state index in [0.29, 0.717) is 5.02 Å². The summed E-state index contributed by atoms with van der Waals surface area (Å²) in [7, 11) is 1.80. The van der Waals surface area contributed by atoms with Crippen LogP contribution in [0.15, 0.2) is 24.3 Å². The molecule has 0 spiro atoms. The van der Waals surface area contributed by atoms with Crippen molar-refractivity contribution in [3.63, 3.8) is 0 Å². The fraction of sp³-hybridized carbons (Fsp3) is 0.571. The van der Waals surface area contributed by atoms with Crippen LogP contribution in [-0.2, 0) is 0 Å². The fourth-order valence-corrected chi connectivity index (χ4v) is 1.93. The lowest BCUT2D eigenvalue weighted by molar-refractivity contribution is -0.0654. The molecule has 0 aliphatic heterocycles. The van der Waals surface area contributed by atoms with Gasteiger partial charge < -0.3 is 15.3 Å². The van der Waals surface area contributed by atoms with Crippen molar-refractivity contribution in [1.82, 2.24) is 4.90 Å². The van der Waals surface area contributed by atoms with Crippen molar-refractivity contribution in [2.24, 2.45) is 0 Å². The first kappa shape index (κ1) is 16.4. The third-order valence-corrected chi connectivity index (χ3v) is 3.49. The second kappa shape index (κ2) is 6.68. The number of rotatable bonds is 6. The van der Waals surface area contributed by atoms with E-state index in [4.69, 9.17) is 11.6 Å². The van der Waals surface area contributed by atoms with Gasteiger partial charge in [0.05, 0.1) is 24.4 Å². The van der Waals surface area contributed by atoms with E-state index in [-0.39, 0.29) is 19.2 Å². The molecule has 0 aliphatic carbocycles. The van der Waals surface area contributed by atoms with Gasteiger partial charge in [-0.3, -0.25) is 4.90 Å². The van der Waals surface area contributed by atoms with Gasteiger partial charge in [0, 0.05) is 11.6 Å². The first-order chi connectivity index (χ1) is 8.75. The fourth-order valence-electron chi connectivity index (χ4n) is 1.81. The molecule has 19 heavy (non-hydrogen) atoms. The summed E-state index contributed by atoms with van der Waals surface area (Å²) < 4.78 is 0. The summed E-state index contributed by atoms with van der Waals surface area (Å²) in [5.41, 5.74) is -0.258. The summed E-state index contributed by atoms with van der Waals surface area (Å²) in [6, 6.07) is 6.97. The number of nitrogens with zero attached hydrogens (tertiary/aromatic N) is 1. The van der Waals surface area contributed by atoms with Gasteiger partial charge in [0.15, 0.2) is 0 Å². The quantitative estimate of drug-likeness (QED) is 0.741. The maximum atomic E-state index is 9.90. The van der Waals surface area contributed by atoms with Gasteiger partial charge in [-0.2, -0.15) is 0 Å². The molecule has 0 radical (unpaired) electrons. The van der Waals surface area contributed by atoms with Crippen LogP contribution in [-0.4, -0.2) is 52.1 Å². The lowest BCUT2D eigenvalue weighted by Crippen LogP contribution is -2.45. The Hall–Kier alpha value is -0.650. The van der Waals surface area contributed by atoms with E-state index in [1.165, 1.54) is 0 Å². The summed E-state index contributed by atoms with van der Waals surface area (Å²) in [6.07, 6.45) is -0.890. The molecule has 0 saturated carbocycles. The van der Waals surface area contributed by atoms with Crippen LogP contribution < -0.4 is 0 Å². The van der Waals surface area contributed by atoms with Gasteiger partial charge in [-0.25, -0.2) is 0 Å². The molecular formula is C14H22ClNO3. The zero-order valence-corrected chi connectivity index (χ0v) is 12.3. The molecule has 1 rings (SSSR count). The minimum atomic E-state index is -1.17. The van der Waals surface area contributed by atoms with Gasteiger partial charge in [-0.15, -0.1) is 0 Å². The van der Waals surface area contributed by atoms with Crippen LogP contribution in [0.3, 0.4) is 0 Å². The Kier molecular flexibility index (Phi) is 5.77. The van der Waals surface area contributed by atoms with Crippen LogP contribution in [0, 0.1) is 0 Å². The van der Waals surface area contributed by atoms with Crippen LogP contribution in [0.4, 0.5) is 0 Å². The Labute approximate surface area is 119 Å². The third-order valence-electron chi connectivity index (χ3n) is 3.24. The molecular weight excluding hydrogens is 266 g/mol. The Morgan fingerprint density at radius 2 is 1.79 bits per heavy atom. The Morgan fingerprint density at radius 1 is 1.26 bits per heavy atom. The van der Waals surface area contributed by atoms with Gasteiger partial charge in [0.1, 0.15) is 0 Å². The topological polar surface area (TPSA) is 63.9 Å². The third kappa shape index (κ3) is 4.75. The smallest absolute Gasteiger partial charge is 0.0948 e. The second-order valence-corrected chi connectivity index (χ2v) is 5.80. The highest BCUT2D eigenvalue weighted by atomic mass is 35.5.